The first kappa shape index (κ1) is 94.8. The molecule has 0 aliphatic rings. The van der Waals surface area contributed by atoms with E-state index in [4.69, 9.17) is 59.8 Å². The first-order valence-electron chi connectivity index (χ1n) is 46.9. The number of benzene rings is 7. The quantitative estimate of drug-likeness (QED) is 0.0803. The Kier molecular flexibility index (Phi) is 28.0. The smallest absolute Gasteiger partial charge is 0.0849 e. The van der Waals surface area contributed by atoms with Crippen LogP contribution in [0.5, 0.6) is 0 Å². The third kappa shape index (κ3) is 18.3. The molecule has 0 amide bonds. The highest BCUT2D eigenvalue weighted by Crippen LogP contribution is 2.48. The Labute approximate surface area is 767 Å². The van der Waals surface area contributed by atoms with Crippen LogP contribution >= 0.6 is 0 Å². The molecule has 0 saturated carbocycles. The third-order valence-corrected chi connectivity index (χ3v) is 24.3. The zero-order valence-corrected chi connectivity index (χ0v) is 84.2. The van der Waals surface area contributed by atoms with Gasteiger partial charge in [0.05, 0.1) is 66.2 Å². The minimum absolute atomic E-state index is 0.0406. The van der Waals surface area contributed by atoms with E-state index in [2.05, 4.69) is 341 Å². The molecule has 129 heavy (non-hydrogen) atoms. The molecule has 12 nitrogen and oxygen atoms in total. The van der Waals surface area contributed by atoms with Gasteiger partial charge in [-0.3, -0.25) is 59.8 Å². The van der Waals surface area contributed by atoms with Crippen molar-refractivity contribution in [1.82, 2.24) is 59.8 Å². The minimum Gasteiger partial charge on any atom is -0.255 e. The summed E-state index contributed by atoms with van der Waals surface area (Å²) in [5.74, 6) is -0.462. The number of nitrogens with zero attached hydrogens (tertiary/aromatic N) is 12. The van der Waals surface area contributed by atoms with Gasteiger partial charge < -0.3 is 0 Å². The van der Waals surface area contributed by atoms with Crippen molar-refractivity contribution in [3.63, 3.8) is 0 Å². The van der Waals surface area contributed by atoms with Crippen LogP contribution in [0.25, 0.3) is 186 Å². The topological polar surface area (TPSA) is 155 Å². The van der Waals surface area contributed by atoms with Crippen molar-refractivity contribution < 1.29 is 0 Å². The average Bonchev–Trinajstić information content (AvgIpc) is 0.723. The number of allylic oxidation sites excluding steroid dienone is 9. The standard InChI is InChI=1S/C117H138N12/c1-58(2)37-76-97(67(19)20)85-46-118-106-79(40-61(7)8)103(73(31)32)81(42-63(11)12)108-91(106)52-127-115-94-55-124-112(85)86(98(76)68(21)22)47-119-107-80(41-62(9)10)104(74(33)34)82(43-64(13)14)109-92(107)53-128-116(94)96-57-126-114-88(49-121-109)100(70(25)26)78(39-60(5)6)102(72(29)30)90(114)51-123-111-84(45-66(17)18)105(75(35)36)83(44-65(15)16)110-93(111)54-129-117(96)95(115)56-125-113-87(48-120-108)99(69(23)24)77(38-59(3)4)101(71(27)28)89(113)50-122-110/h37-57,67-75H,1-36H3. The molecule has 0 radical (unpaired) electrons. The summed E-state index contributed by atoms with van der Waals surface area (Å²) < 4.78 is 0. The van der Waals surface area contributed by atoms with Crippen LogP contribution in [0.4, 0.5) is 0 Å². The Balaban J connectivity index is 1.70. The van der Waals surface area contributed by atoms with Crippen LogP contribution < -0.4 is 0 Å². The first-order chi connectivity index (χ1) is 60.9. The lowest BCUT2D eigenvalue weighted by Gasteiger charge is -2.22. The van der Waals surface area contributed by atoms with E-state index >= 15 is 0 Å². The molecule has 0 fully saturated rings. The highest BCUT2D eigenvalue weighted by atomic mass is 14.8. The first-order valence-corrected chi connectivity index (χ1v) is 46.9. The Morgan fingerprint density at radius 1 is 0.140 bits per heavy atom. The van der Waals surface area contributed by atoms with Crippen molar-refractivity contribution >= 4 is 186 Å². The summed E-state index contributed by atoms with van der Waals surface area (Å²) in [6.45, 7) is 81.0. The van der Waals surface area contributed by atoms with Gasteiger partial charge >= 0.3 is 0 Å². The van der Waals surface area contributed by atoms with E-state index in [1.165, 1.54) is 0 Å². The molecule has 0 spiro atoms. The maximum Gasteiger partial charge on any atom is 0.0849 e. The molecular weight excluding hydrogens is 1570 g/mol. The summed E-state index contributed by atoms with van der Waals surface area (Å²) in [7, 11) is 0. The van der Waals surface area contributed by atoms with Crippen molar-refractivity contribution in [2.75, 3.05) is 0 Å². The lowest BCUT2D eigenvalue weighted by molar-refractivity contribution is 0.841. The normalized spacial score (nSPS) is 11.9. The summed E-state index contributed by atoms with van der Waals surface area (Å²) in [5.41, 5.74) is 37.1. The second-order valence-corrected chi connectivity index (χ2v) is 41.1. The van der Waals surface area contributed by atoms with Crippen molar-refractivity contribution in [1.29, 1.82) is 0 Å². The molecule has 0 atom stereocenters. The Morgan fingerprint density at radius 2 is 0.240 bits per heavy atom. The number of rotatable bonds is 18. The fraction of sp³-hybridized carbons (Fsp3) is 0.385. The Morgan fingerprint density at radius 3 is 0.364 bits per heavy atom. The number of hydrogen-bond acceptors (Lipinski definition) is 12. The maximum absolute atomic E-state index is 6.24. The second-order valence-electron chi connectivity index (χ2n) is 41.1. The fourth-order valence-corrected chi connectivity index (χ4v) is 20.0. The monoisotopic (exact) mass is 1710 g/mol. The Hall–Kier alpha value is -11.8. The number of hydrogen-bond donors (Lipinski definition) is 0. The Bertz CT molecular complexity index is 6330. The molecule has 0 aliphatic heterocycles. The van der Waals surface area contributed by atoms with Crippen LogP contribution in [0.15, 0.2) is 125 Å². The van der Waals surface area contributed by atoms with Crippen LogP contribution in [0.2, 0.25) is 0 Å². The van der Waals surface area contributed by atoms with Crippen LogP contribution in [-0.4, -0.2) is 59.8 Å². The molecule has 13 rings (SSSR count). The van der Waals surface area contributed by atoms with E-state index in [-0.39, 0.29) is 53.3 Å². The van der Waals surface area contributed by atoms with E-state index in [9.17, 15) is 0 Å². The molecular formula is C117H138N12. The van der Waals surface area contributed by atoms with Gasteiger partial charge in [0.1, 0.15) is 0 Å². The number of aromatic nitrogens is 12. The van der Waals surface area contributed by atoms with Gasteiger partial charge in [0.25, 0.3) is 0 Å². The molecule has 7 aromatic carbocycles. The lowest BCUT2D eigenvalue weighted by atomic mass is 9.83. The van der Waals surface area contributed by atoms with Crippen molar-refractivity contribution in [3.05, 3.63) is 225 Å². The van der Waals surface area contributed by atoms with Gasteiger partial charge in [0.15, 0.2) is 0 Å². The van der Waals surface area contributed by atoms with Gasteiger partial charge in [-0.05, 0) is 245 Å². The van der Waals surface area contributed by atoms with Crippen LogP contribution in [-0.2, 0) is 0 Å². The van der Waals surface area contributed by atoms with Gasteiger partial charge in [0, 0.05) is 172 Å². The molecule has 666 valence electrons. The predicted octanol–water partition coefficient (Wildman–Crippen LogP) is 34.6. The van der Waals surface area contributed by atoms with Gasteiger partial charge in [-0.1, -0.05) is 229 Å². The third-order valence-electron chi connectivity index (χ3n) is 24.3. The molecule has 0 unspecified atom stereocenters. The van der Waals surface area contributed by atoms with Crippen molar-refractivity contribution in [2.45, 2.75) is 303 Å². The molecule has 13 aromatic rings. The van der Waals surface area contributed by atoms with Crippen LogP contribution in [0.1, 0.15) is 403 Å². The summed E-state index contributed by atoms with van der Waals surface area (Å²) in [6, 6.07) is 0. The molecule has 0 N–H and O–H groups in total. The average molecular weight is 1710 g/mol. The molecule has 0 saturated heterocycles. The highest BCUT2D eigenvalue weighted by molar-refractivity contribution is 6.22. The van der Waals surface area contributed by atoms with Crippen LogP contribution in [0.3, 0.4) is 0 Å². The molecule has 12 bridgehead atoms. The molecule has 12 heteroatoms. The van der Waals surface area contributed by atoms with Gasteiger partial charge in [-0.2, -0.15) is 0 Å². The van der Waals surface area contributed by atoms with E-state index in [0.29, 0.717) is 98.5 Å². The van der Waals surface area contributed by atoms with Gasteiger partial charge in [-0.25, -0.2) is 0 Å². The van der Waals surface area contributed by atoms with Crippen molar-refractivity contribution in [2.24, 2.45) is 0 Å². The molecule has 6 heterocycles. The predicted molar refractivity (Wildman–Crippen MR) is 564 cm³/mol. The lowest BCUT2D eigenvalue weighted by Crippen LogP contribution is -2.05. The summed E-state index contributed by atoms with van der Waals surface area (Å²) in [6.07, 6.45) is 46.0. The summed E-state index contributed by atoms with van der Waals surface area (Å²) >= 11 is 0. The zero-order chi connectivity index (χ0) is 94.0. The van der Waals surface area contributed by atoms with E-state index in [1.54, 1.807) is 0 Å². The van der Waals surface area contributed by atoms with E-state index in [1.807, 2.05) is 37.2 Å². The van der Waals surface area contributed by atoms with Gasteiger partial charge in [-0.15, -0.1) is 0 Å². The summed E-state index contributed by atoms with van der Waals surface area (Å²) in [4.78, 5) is 74.4. The largest absolute Gasteiger partial charge is 0.255 e. The molecule has 0 aliphatic carbocycles. The van der Waals surface area contributed by atoms with E-state index in [0.717, 1.165) is 183 Å². The maximum atomic E-state index is 6.24. The summed E-state index contributed by atoms with van der Waals surface area (Å²) in [5, 5.41) is 9.04. The van der Waals surface area contributed by atoms with E-state index < -0.39 is 0 Å². The van der Waals surface area contributed by atoms with Crippen LogP contribution in [0, 0.1) is 0 Å². The SMILES string of the molecule is CC(C)=Cc1c(C(C)C)c2cnc3c(C=C(C)C)c(C(C)C)c(C=C(C)C)c4ncc5c(C(C)C)c(C=C(C)C)c(C(C)C)c6cnc7c(C=C(C)C)c(C(C)C)c(C=C(C)C)c8ncc9c(C(C)C)c(C=C(C)C)c(C(C)C)c%10cnc%11c(C=C(C)C)c(C(C)C)c(C=C(C)C)c%12ncc(c1C(C)C)c2ncc1c(ncc34)c(cnc56)c(ncc78)c(cnc%109)c1ncc%12%11. The zero-order valence-electron chi connectivity index (χ0n) is 84.2. The highest BCUT2D eigenvalue weighted by Gasteiger charge is 2.30. The van der Waals surface area contributed by atoms with Crippen molar-refractivity contribution in [3.8, 4) is 0 Å². The number of fused-ring (bicyclic) bond motifs is 6. The fourth-order valence-electron chi connectivity index (χ4n) is 20.0. The minimum atomic E-state index is -0.0566. The molecule has 6 aromatic heterocycles. The second kappa shape index (κ2) is 38.1. The van der Waals surface area contributed by atoms with Gasteiger partial charge in [0.2, 0.25) is 0 Å².